The fraction of sp³-hybridized carbons (Fsp3) is 0.318. The van der Waals surface area contributed by atoms with E-state index < -0.39 is 0 Å². The Hall–Kier alpha value is -2.30. The molecule has 0 fully saturated rings. The lowest BCUT2D eigenvalue weighted by Gasteiger charge is -2.26. The number of anilines is 1. The lowest BCUT2D eigenvalue weighted by molar-refractivity contribution is -0.114. The molecule has 1 heterocycles. The van der Waals surface area contributed by atoms with E-state index in [9.17, 15) is 4.79 Å². The van der Waals surface area contributed by atoms with Crippen LogP contribution in [0, 0.1) is 0 Å². The highest BCUT2D eigenvalue weighted by atomic mass is 35.5. The molecule has 0 aliphatic carbocycles. The average molecular weight is 385 g/mol. The second-order valence-electron chi connectivity index (χ2n) is 6.69. The molecule has 0 spiro atoms. The average Bonchev–Trinajstić information content (AvgIpc) is 2.67. The summed E-state index contributed by atoms with van der Waals surface area (Å²) in [5, 5.41) is 3.53. The van der Waals surface area contributed by atoms with Crippen LogP contribution in [0.4, 0.5) is 5.69 Å². The summed E-state index contributed by atoms with van der Waals surface area (Å²) in [4.78, 5) is 13.5. The number of hydrogen-bond donors (Lipinski definition) is 1. The molecule has 3 rings (SSSR count). The third-order valence-electron chi connectivity index (χ3n) is 4.57. The van der Waals surface area contributed by atoms with Crippen LogP contribution in [-0.4, -0.2) is 37.0 Å². The van der Waals surface area contributed by atoms with Gasteiger partial charge in [0.15, 0.2) is 0 Å². The number of carbonyl (C=O) groups excluding carboxylic acids is 1. The van der Waals surface area contributed by atoms with Crippen LogP contribution in [0.25, 0.3) is 5.57 Å². The molecule has 5 heteroatoms. The standard InChI is InChI=1S/C22H25ClN2O2/c1-17(26)24-21-7-9-22(10-8-21)27-16-2-13-25-14-11-19(12-15-25)18-3-5-20(23)6-4-18/h3-11H,2,12-16H2,1H3,(H,24,26). The van der Waals surface area contributed by atoms with Crippen molar-refractivity contribution in [2.75, 3.05) is 31.6 Å². The van der Waals surface area contributed by atoms with Crippen molar-refractivity contribution >= 4 is 28.8 Å². The molecule has 27 heavy (non-hydrogen) atoms. The highest BCUT2D eigenvalue weighted by Crippen LogP contribution is 2.24. The second kappa shape index (κ2) is 9.58. The van der Waals surface area contributed by atoms with Crippen molar-refractivity contribution in [3.8, 4) is 5.75 Å². The van der Waals surface area contributed by atoms with Gasteiger partial charge in [0.1, 0.15) is 5.75 Å². The molecule has 0 aromatic heterocycles. The quantitative estimate of drug-likeness (QED) is 0.693. The fourth-order valence-corrected chi connectivity index (χ4v) is 3.28. The Morgan fingerprint density at radius 2 is 1.89 bits per heavy atom. The first kappa shape index (κ1) is 19.5. The molecule has 2 aromatic carbocycles. The first-order chi connectivity index (χ1) is 13.1. The monoisotopic (exact) mass is 384 g/mol. The maximum atomic E-state index is 11.0. The first-order valence-electron chi connectivity index (χ1n) is 9.28. The summed E-state index contributed by atoms with van der Waals surface area (Å²) >= 11 is 5.96. The van der Waals surface area contributed by atoms with Gasteiger partial charge >= 0.3 is 0 Å². The molecule has 1 aliphatic rings. The number of hydrogen-bond acceptors (Lipinski definition) is 3. The summed E-state index contributed by atoms with van der Waals surface area (Å²) in [7, 11) is 0. The van der Waals surface area contributed by atoms with E-state index in [0.29, 0.717) is 6.61 Å². The normalized spacial score (nSPS) is 14.5. The Morgan fingerprint density at radius 3 is 2.52 bits per heavy atom. The number of carbonyl (C=O) groups is 1. The summed E-state index contributed by atoms with van der Waals surface area (Å²) in [6, 6.07) is 15.5. The summed E-state index contributed by atoms with van der Waals surface area (Å²) in [5.74, 6) is 0.756. The molecule has 0 atom stereocenters. The lowest BCUT2D eigenvalue weighted by Crippen LogP contribution is -2.30. The van der Waals surface area contributed by atoms with Crippen LogP contribution in [0.15, 0.2) is 54.6 Å². The number of amides is 1. The summed E-state index contributed by atoms with van der Waals surface area (Å²) in [5.41, 5.74) is 3.45. The number of nitrogens with one attached hydrogen (secondary N) is 1. The van der Waals surface area contributed by atoms with E-state index in [1.807, 2.05) is 36.4 Å². The van der Waals surface area contributed by atoms with Crippen LogP contribution in [-0.2, 0) is 4.79 Å². The van der Waals surface area contributed by atoms with E-state index in [-0.39, 0.29) is 5.91 Å². The number of nitrogens with zero attached hydrogens (tertiary/aromatic N) is 1. The van der Waals surface area contributed by atoms with Gasteiger partial charge in [0, 0.05) is 37.3 Å². The van der Waals surface area contributed by atoms with Crippen LogP contribution in [0.3, 0.4) is 0 Å². The van der Waals surface area contributed by atoms with Crippen molar-refractivity contribution < 1.29 is 9.53 Å². The minimum atomic E-state index is -0.0709. The van der Waals surface area contributed by atoms with Crippen molar-refractivity contribution in [3.05, 3.63) is 65.2 Å². The van der Waals surface area contributed by atoms with Crippen molar-refractivity contribution in [3.63, 3.8) is 0 Å². The Balaban J connectivity index is 1.38. The lowest BCUT2D eigenvalue weighted by atomic mass is 9.99. The van der Waals surface area contributed by atoms with E-state index in [0.717, 1.165) is 48.9 Å². The SMILES string of the molecule is CC(=O)Nc1ccc(OCCCN2CC=C(c3ccc(Cl)cc3)CC2)cc1. The molecule has 0 bridgehead atoms. The van der Waals surface area contributed by atoms with Crippen LogP contribution < -0.4 is 10.1 Å². The van der Waals surface area contributed by atoms with Gasteiger partial charge in [0.2, 0.25) is 5.91 Å². The van der Waals surface area contributed by atoms with Gasteiger partial charge in [0.05, 0.1) is 6.61 Å². The van der Waals surface area contributed by atoms with E-state index in [4.69, 9.17) is 16.3 Å². The zero-order chi connectivity index (χ0) is 19.1. The van der Waals surface area contributed by atoms with Gasteiger partial charge in [-0.15, -0.1) is 0 Å². The molecule has 4 nitrogen and oxygen atoms in total. The van der Waals surface area contributed by atoms with Gasteiger partial charge in [0.25, 0.3) is 0 Å². The molecule has 0 saturated heterocycles. The van der Waals surface area contributed by atoms with Crippen LogP contribution in [0.1, 0.15) is 25.3 Å². The Morgan fingerprint density at radius 1 is 1.15 bits per heavy atom. The topological polar surface area (TPSA) is 41.6 Å². The van der Waals surface area contributed by atoms with Gasteiger partial charge in [-0.2, -0.15) is 0 Å². The molecule has 1 N–H and O–H groups in total. The smallest absolute Gasteiger partial charge is 0.221 e. The zero-order valence-corrected chi connectivity index (χ0v) is 16.3. The van der Waals surface area contributed by atoms with Gasteiger partial charge < -0.3 is 10.1 Å². The van der Waals surface area contributed by atoms with Gasteiger partial charge in [-0.25, -0.2) is 0 Å². The maximum Gasteiger partial charge on any atom is 0.221 e. The number of benzene rings is 2. The Kier molecular flexibility index (Phi) is 6.91. The predicted octanol–water partition coefficient (Wildman–Crippen LogP) is 4.86. The van der Waals surface area contributed by atoms with Crippen molar-refractivity contribution in [1.29, 1.82) is 0 Å². The van der Waals surface area contributed by atoms with Gasteiger partial charge in [-0.1, -0.05) is 29.8 Å². The van der Waals surface area contributed by atoms with E-state index in [2.05, 4.69) is 28.4 Å². The molecule has 0 saturated carbocycles. The highest BCUT2D eigenvalue weighted by Gasteiger charge is 2.12. The van der Waals surface area contributed by atoms with Crippen LogP contribution in [0.2, 0.25) is 5.02 Å². The summed E-state index contributed by atoms with van der Waals surface area (Å²) in [6.07, 6.45) is 4.36. The van der Waals surface area contributed by atoms with Crippen molar-refractivity contribution in [2.24, 2.45) is 0 Å². The van der Waals surface area contributed by atoms with E-state index >= 15 is 0 Å². The predicted molar refractivity (Wildman–Crippen MR) is 111 cm³/mol. The van der Waals surface area contributed by atoms with Crippen LogP contribution >= 0.6 is 11.6 Å². The van der Waals surface area contributed by atoms with Gasteiger partial charge in [-0.05, 0) is 60.4 Å². The molecular formula is C22H25ClN2O2. The molecular weight excluding hydrogens is 360 g/mol. The molecule has 1 amide bonds. The molecule has 142 valence electrons. The summed E-state index contributed by atoms with van der Waals surface area (Å²) < 4.78 is 5.79. The first-order valence-corrected chi connectivity index (χ1v) is 9.66. The fourth-order valence-electron chi connectivity index (χ4n) is 3.16. The third kappa shape index (κ3) is 6.12. The van der Waals surface area contributed by atoms with Crippen molar-refractivity contribution in [1.82, 2.24) is 4.90 Å². The third-order valence-corrected chi connectivity index (χ3v) is 4.82. The Bertz CT molecular complexity index is 785. The largest absolute Gasteiger partial charge is 0.494 e. The Labute approximate surface area is 165 Å². The van der Waals surface area contributed by atoms with E-state index in [1.165, 1.54) is 18.1 Å². The molecule has 0 unspecified atom stereocenters. The highest BCUT2D eigenvalue weighted by molar-refractivity contribution is 6.30. The van der Waals surface area contributed by atoms with E-state index in [1.54, 1.807) is 0 Å². The van der Waals surface area contributed by atoms with Crippen LogP contribution in [0.5, 0.6) is 5.75 Å². The molecule has 1 aliphatic heterocycles. The summed E-state index contributed by atoms with van der Waals surface area (Å²) in [6.45, 7) is 5.25. The number of ether oxygens (including phenoxy) is 1. The second-order valence-corrected chi connectivity index (χ2v) is 7.13. The number of halogens is 1. The molecule has 2 aromatic rings. The number of rotatable bonds is 7. The van der Waals surface area contributed by atoms with Gasteiger partial charge in [-0.3, -0.25) is 9.69 Å². The van der Waals surface area contributed by atoms with Crippen molar-refractivity contribution in [2.45, 2.75) is 19.8 Å². The minimum Gasteiger partial charge on any atom is -0.494 e. The zero-order valence-electron chi connectivity index (χ0n) is 15.6. The molecule has 0 radical (unpaired) electrons. The minimum absolute atomic E-state index is 0.0709. The maximum absolute atomic E-state index is 11.0.